The van der Waals surface area contributed by atoms with Crippen molar-refractivity contribution in [3.05, 3.63) is 17.7 Å². The van der Waals surface area contributed by atoms with Crippen LogP contribution in [0.5, 0.6) is 0 Å². The smallest absolute Gasteiger partial charge is 0.229 e. The van der Waals surface area contributed by atoms with E-state index in [2.05, 4.69) is 15.2 Å². The molecule has 0 fully saturated rings. The molecule has 0 aliphatic rings. The maximum atomic E-state index is 11.8. The van der Waals surface area contributed by atoms with Gasteiger partial charge in [-0.05, 0) is 6.92 Å². The van der Waals surface area contributed by atoms with Crippen LogP contribution in [-0.4, -0.2) is 15.2 Å². The first-order chi connectivity index (χ1) is 5.00. The van der Waals surface area contributed by atoms with Gasteiger partial charge in [-0.2, -0.15) is 18.3 Å². The van der Waals surface area contributed by atoms with Crippen molar-refractivity contribution < 1.29 is 13.2 Å². The number of rotatable bonds is 0. The van der Waals surface area contributed by atoms with Crippen LogP contribution in [0, 0.1) is 6.92 Å². The lowest BCUT2D eigenvalue weighted by Gasteiger charge is -2.01. The second-order valence-electron chi connectivity index (χ2n) is 1.92. The molecule has 1 heterocycles. The van der Waals surface area contributed by atoms with Gasteiger partial charge in [-0.25, -0.2) is 4.98 Å². The lowest BCUT2D eigenvalue weighted by Crippen LogP contribution is -2.11. The van der Waals surface area contributed by atoms with E-state index < -0.39 is 12.0 Å². The molecule has 0 aromatic carbocycles. The fourth-order valence-electron chi connectivity index (χ4n) is 0.462. The summed E-state index contributed by atoms with van der Waals surface area (Å²) in [6, 6.07) is 0. The van der Waals surface area contributed by atoms with E-state index in [1.165, 1.54) is 6.92 Å². The quantitative estimate of drug-likeness (QED) is 0.576. The SMILES string of the molecule is Cc1cnc(C(F)(F)F)nn1. The van der Waals surface area contributed by atoms with Gasteiger partial charge < -0.3 is 0 Å². The van der Waals surface area contributed by atoms with Gasteiger partial charge in [0.2, 0.25) is 0 Å². The minimum absolute atomic E-state index is 0.359. The molecule has 0 aliphatic heterocycles. The van der Waals surface area contributed by atoms with Crippen molar-refractivity contribution in [2.24, 2.45) is 0 Å². The van der Waals surface area contributed by atoms with Crippen LogP contribution in [0.15, 0.2) is 6.20 Å². The van der Waals surface area contributed by atoms with E-state index in [-0.39, 0.29) is 0 Å². The summed E-state index contributed by atoms with van der Waals surface area (Å²) < 4.78 is 35.3. The van der Waals surface area contributed by atoms with Crippen molar-refractivity contribution in [2.45, 2.75) is 13.1 Å². The van der Waals surface area contributed by atoms with E-state index in [1.807, 2.05) is 0 Å². The summed E-state index contributed by atoms with van der Waals surface area (Å²) in [6.07, 6.45) is -3.48. The zero-order valence-corrected chi connectivity index (χ0v) is 5.55. The van der Waals surface area contributed by atoms with Crippen molar-refractivity contribution in [3.63, 3.8) is 0 Å². The lowest BCUT2D eigenvalue weighted by atomic mass is 10.5. The summed E-state index contributed by atoms with van der Waals surface area (Å²) in [5.74, 6) is -1.21. The number of nitrogens with zero attached hydrogens (tertiary/aromatic N) is 3. The maximum absolute atomic E-state index is 11.8. The highest BCUT2D eigenvalue weighted by molar-refractivity contribution is 4.93. The maximum Gasteiger partial charge on any atom is 0.453 e. The molecule has 0 N–H and O–H groups in total. The molecule has 0 radical (unpaired) electrons. The average Bonchev–Trinajstić information content (AvgIpc) is 1.86. The van der Waals surface area contributed by atoms with Crippen LogP contribution in [0.25, 0.3) is 0 Å². The Morgan fingerprint density at radius 2 is 1.91 bits per heavy atom. The number of aromatic nitrogens is 3. The highest BCUT2D eigenvalue weighted by Gasteiger charge is 2.34. The Labute approximate surface area is 60.3 Å². The van der Waals surface area contributed by atoms with Crippen molar-refractivity contribution in [2.75, 3.05) is 0 Å². The Bertz CT molecular complexity index is 240. The molecule has 0 atom stereocenters. The Kier molecular flexibility index (Phi) is 1.76. The number of alkyl halides is 3. The molecule has 60 valence electrons. The predicted octanol–water partition coefficient (Wildman–Crippen LogP) is 1.20. The molecule has 6 heteroatoms. The van der Waals surface area contributed by atoms with Gasteiger partial charge in [0.1, 0.15) is 0 Å². The summed E-state index contributed by atoms with van der Waals surface area (Å²) >= 11 is 0. The van der Waals surface area contributed by atoms with Crippen LogP contribution in [-0.2, 0) is 6.18 Å². The molecule has 0 spiro atoms. The molecule has 11 heavy (non-hydrogen) atoms. The molecule has 0 saturated heterocycles. The topological polar surface area (TPSA) is 38.7 Å². The Balaban J connectivity index is 2.99. The fraction of sp³-hybridized carbons (Fsp3) is 0.400. The molecule has 1 aromatic rings. The second-order valence-corrected chi connectivity index (χ2v) is 1.92. The first kappa shape index (κ1) is 7.90. The fourth-order valence-corrected chi connectivity index (χ4v) is 0.462. The van der Waals surface area contributed by atoms with Crippen LogP contribution in [0.1, 0.15) is 11.5 Å². The van der Waals surface area contributed by atoms with E-state index in [0.717, 1.165) is 6.20 Å². The Hall–Kier alpha value is -1.20. The van der Waals surface area contributed by atoms with Gasteiger partial charge in [-0.3, -0.25) is 0 Å². The van der Waals surface area contributed by atoms with Crippen molar-refractivity contribution >= 4 is 0 Å². The number of hydrogen-bond acceptors (Lipinski definition) is 3. The molecule has 0 saturated carbocycles. The van der Waals surface area contributed by atoms with Gasteiger partial charge >= 0.3 is 6.18 Å². The molecular weight excluding hydrogens is 159 g/mol. The van der Waals surface area contributed by atoms with Gasteiger partial charge in [0.05, 0.1) is 11.9 Å². The summed E-state index contributed by atoms with van der Waals surface area (Å²) in [7, 11) is 0. The van der Waals surface area contributed by atoms with E-state index in [1.54, 1.807) is 0 Å². The minimum Gasteiger partial charge on any atom is -0.229 e. The van der Waals surface area contributed by atoms with Crippen LogP contribution >= 0.6 is 0 Å². The van der Waals surface area contributed by atoms with Gasteiger partial charge in [-0.1, -0.05) is 0 Å². The van der Waals surface area contributed by atoms with Crippen LogP contribution in [0.3, 0.4) is 0 Å². The predicted molar refractivity (Wildman–Crippen MR) is 29.6 cm³/mol. The van der Waals surface area contributed by atoms with Crippen LogP contribution in [0.2, 0.25) is 0 Å². The first-order valence-corrected chi connectivity index (χ1v) is 2.73. The Morgan fingerprint density at radius 1 is 1.27 bits per heavy atom. The van der Waals surface area contributed by atoms with Crippen LogP contribution in [0.4, 0.5) is 13.2 Å². The monoisotopic (exact) mass is 163 g/mol. The van der Waals surface area contributed by atoms with E-state index in [0.29, 0.717) is 5.69 Å². The molecule has 0 aliphatic carbocycles. The lowest BCUT2D eigenvalue weighted by molar-refractivity contribution is -0.145. The Morgan fingerprint density at radius 3 is 2.27 bits per heavy atom. The number of hydrogen-bond donors (Lipinski definition) is 0. The van der Waals surface area contributed by atoms with Crippen molar-refractivity contribution in [1.29, 1.82) is 0 Å². The first-order valence-electron chi connectivity index (χ1n) is 2.73. The molecule has 0 amide bonds. The third kappa shape index (κ3) is 1.86. The van der Waals surface area contributed by atoms with E-state index >= 15 is 0 Å². The van der Waals surface area contributed by atoms with Gasteiger partial charge in [0.25, 0.3) is 5.82 Å². The number of halogens is 3. The highest BCUT2D eigenvalue weighted by Crippen LogP contribution is 2.24. The molecule has 1 rings (SSSR count). The second kappa shape index (κ2) is 2.44. The summed E-state index contributed by atoms with van der Waals surface area (Å²) in [5.41, 5.74) is 0.359. The van der Waals surface area contributed by atoms with Gasteiger partial charge in [0.15, 0.2) is 0 Å². The van der Waals surface area contributed by atoms with Gasteiger partial charge in [0, 0.05) is 0 Å². The van der Waals surface area contributed by atoms with E-state index in [9.17, 15) is 13.2 Å². The summed E-state index contributed by atoms with van der Waals surface area (Å²) in [5, 5.41) is 6.08. The molecule has 1 aromatic heterocycles. The van der Waals surface area contributed by atoms with Gasteiger partial charge in [-0.15, -0.1) is 5.10 Å². The third-order valence-corrected chi connectivity index (χ3v) is 0.930. The largest absolute Gasteiger partial charge is 0.453 e. The zero-order chi connectivity index (χ0) is 8.48. The zero-order valence-electron chi connectivity index (χ0n) is 5.55. The third-order valence-electron chi connectivity index (χ3n) is 0.930. The highest BCUT2D eigenvalue weighted by atomic mass is 19.4. The standard InChI is InChI=1S/C5H4F3N3/c1-3-2-9-4(11-10-3)5(6,7)8/h2H,1H3. The normalized spacial score (nSPS) is 11.6. The molecule has 0 bridgehead atoms. The molecule has 0 unspecified atom stereocenters. The van der Waals surface area contributed by atoms with Crippen molar-refractivity contribution in [1.82, 2.24) is 15.2 Å². The molecule has 3 nitrogen and oxygen atoms in total. The minimum atomic E-state index is -4.50. The summed E-state index contributed by atoms with van der Waals surface area (Å²) in [6.45, 7) is 1.51. The summed E-state index contributed by atoms with van der Waals surface area (Å²) in [4.78, 5) is 3.05. The van der Waals surface area contributed by atoms with E-state index in [4.69, 9.17) is 0 Å². The molecular formula is C5H4F3N3. The van der Waals surface area contributed by atoms with Crippen LogP contribution < -0.4 is 0 Å². The number of aryl methyl sites for hydroxylation is 1. The van der Waals surface area contributed by atoms with Crippen molar-refractivity contribution in [3.8, 4) is 0 Å². The average molecular weight is 163 g/mol.